The minimum Gasteiger partial charge on any atom is -0.476 e. The van der Waals surface area contributed by atoms with Gasteiger partial charge in [0.25, 0.3) is 0 Å². The first-order valence-corrected chi connectivity index (χ1v) is 7.25. The largest absolute Gasteiger partial charge is 0.476 e. The smallest absolute Gasteiger partial charge is 0.355 e. The molecule has 1 aliphatic carbocycles. The van der Waals surface area contributed by atoms with Crippen LogP contribution in [0.1, 0.15) is 41.1 Å². The van der Waals surface area contributed by atoms with Crippen molar-refractivity contribution in [3.8, 4) is 0 Å². The quantitative estimate of drug-likeness (QED) is 0.935. The van der Waals surface area contributed by atoms with Crippen LogP contribution in [0.2, 0.25) is 0 Å². The fourth-order valence-corrected chi connectivity index (χ4v) is 3.04. The maximum absolute atomic E-state index is 11.2. The highest BCUT2D eigenvalue weighted by Gasteiger charge is 2.43. The number of hydrogen-bond acceptors (Lipinski definition) is 3. The van der Waals surface area contributed by atoms with Crippen LogP contribution in [-0.4, -0.2) is 21.0 Å². The van der Waals surface area contributed by atoms with E-state index in [1.54, 1.807) is 0 Å². The van der Waals surface area contributed by atoms with Crippen molar-refractivity contribution in [3.63, 3.8) is 0 Å². The van der Waals surface area contributed by atoms with E-state index < -0.39 is 5.97 Å². The van der Waals surface area contributed by atoms with Crippen molar-refractivity contribution in [2.45, 2.75) is 24.7 Å². The molecule has 1 aliphatic rings. The summed E-state index contributed by atoms with van der Waals surface area (Å²) in [5.74, 6) is -0.432. The minimum atomic E-state index is -1.04. The molecule has 0 atom stereocenters. The highest BCUT2D eigenvalue weighted by atomic mass is 79.9. The van der Waals surface area contributed by atoms with Gasteiger partial charge in [0.1, 0.15) is 5.82 Å². The number of aromatic carboxylic acids is 1. The summed E-state index contributed by atoms with van der Waals surface area (Å²) in [6.07, 6.45) is 4.56. The Kier molecular flexibility index (Phi) is 3.30. The summed E-state index contributed by atoms with van der Waals surface area (Å²) in [6, 6.07) is 10.1. The second kappa shape index (κ2) is 4.98. The Balaban J connectivity index is 2.11. The number of nitrogens with zero attached hydrogens (tertiary/aromatic N) is 2. The lowest BCUT2D eigenvalue weighted by Crippen LogP contribution is -2.37. The maximum Gasteiger partial charge on any atom is 0.355 e. The third-order valence-electron chi connectivity index (χ3n) is 3.91. The SMILES string of the molecule is O=C(O)c1nc(C2(c3ccccc3)CCC2)ncc1Br. The van der Waals surface area contributed by atoms with Gasteiger partial charge in [0.15, 0.2) is 5.69 Å². The van der Waals surface area contributed by atoms with Crippen LogP contribution in [0.4, 0.5) is 0 Å². The lowest BCUT2D eigenvalue weighted by atomic mass is 9.64. The van der Waals surface area contributed by atoms with Crippen molar-refractivity contribution in [3.05, 3.63) is 58.1 Å². The molecule has 5 heteroatoms. The van der Waals surface area contributed by atoms with Crippen LogP contribution in [0, 0.1) is 0 Å². The first-order valence-electron chi connectivity index (χ1n) is 6.45. The number of benzene rings is 1. The molecule has 1 fully saturated rings. The molecule has 20 heavy (non-hydrogen) atoms. The topological polar surface area (TPSA) is 63.1 Å². The van der Waals surface area contributed by atoms with Crippen molar-refractivity contribution in [2.24, 2.45) is 0 Å². The van der Waals surface area contributed by atoms with Crippen molar-refractivity contribution >= 4 is 21.9 Å². The van der Waals surface area contributed by atoms with Crippen LogP contribution in [-0.2, 0) is 5.41 Å². The number of halogens is 1. The van der Waals surface area contributed by atoms with E-state index in [0.29, 0.717) is 10.3 Å². The van der Waals surface area contributed by atoms with Crippen molar-refractivity contribution in [2.75, 3.05) is 0 Å². The molecule has 0 unspecified atom stereocenters. The van der Waals surface area contributed by atoms with Gasteiger partial charge in [-0.25, -0.2) is 14.8 Å². The average Bonchev–Trinajstić information content (AvgIpc) is 2.40. The Hall–Kier alpha value is -1.75. The van der Waals surface area contributed by atoms with E-state index >= 15 is 0 Å². The second-order valence-corrected chi connectivity index (χ2v) is 5.85. The molecule has 3 rings (SSSR count). The summed E-state index contributed by atoms with van der Waals surface area (Å²) >= 11 is 3.19. The van der Waals surface area contributed by atoms with Gasteiger partial charge in [-0.1, -0.05) is 36.8 Å². The molecule has 0 bridgehead atoms. The average molecular weight is 333 g/mol. The molecule has 102 valence electrons. The maximum atomic E-state index is 11.2. The van der Waals surface area contributed by atoms with Gasteiger partial charge in [0, 0.05) is 6.20 Å². The van der Waals surface area contributed by atoms with Gasteiger partial charge in [-0.15, -0.1) is 0 Å². The zero-order valence-corrected chi connectivity index (χ0v) is 12.3. The van der Waals surface area contributed by atoms with Gasteiger partial charge in [-0.05, 0) is 34.3 Å². The van der Waals surface area contributed by atoms with Crippen LogP contribution >= 0.6 is 15.9 Å². The van der Waals surface area contributed by atoms with E-state index in [0.717, 1.165) is 24.8 Å². The molecule has 2 aromatic rings. The minimum absolute atomic E-state index is 0.0252. The van der Waals surface area contributed by atoms with Crippen LogP contribution < -0.4 is 0 Å². The standard InChI is InChI=1S/C15H13BrN2O2/c16-11-9-17-14(18-12(11)13(19)20)15(7-4-8-15)10-5-2-1-3-6-10/h1-3,5-6,9H,4,7-8H2,(H,19,20). The summed E-state index contributed by atoms with van der Waals surface area (Å²) in [7, 11) is 0. The molecule has 4 nitrogen and oxygen atoms in total. The fraction of sp³-hybridized carbons (Fsp3) is 0.267. The first-order chi connectivity index (χ1) is 9.63. The molecule has 0 radical (unpaired) electrons. The molecule has 0 saturated heterocycles. The zero-order chi connectivity index (χ0) is 14.2. The van der Waals surface area contributed by atoms with Crippen molar-refractivity contribution in [1.29, 1.82) is 0 Å². The lowest BCUT2D eigenvalue weighted by molar-refractivity contribution is 0.0688. The molecule has 0 aliphatic heterocycles. The van der Waals surface area contributed by atoms with Gasteiger partial charge in [-0.3, -0.25) is 0 Å². The third-order valence-corrected chi connectivity index (χ3v) is 4.49. The Labute approximate surface area is 125 Å². The molecule has 0 amide bonds. The molecule has 1 aromatic carbocycles. The number of carboxylic acid groups (broad SMARTS) is 1. The highest BCUT2D eigenvalue weighted by molar-refractivity contribution is 9.10. The molecule has 0 spiro atoms. The van der Waals surface area contributed by atoms with E-state index in [1.165, 1.54) is 6.20 Å². The van der Waals surface area contributed by atoms with E-state index in [1.807, 2.05) is 18.2 Å². The van der Waals surface area contributed by atoms with Gasteiger partial charge >= 0.3 is 5.97 Å². The highest BCUT2D eigenvalue weighted by Crippen LogP contribution is 2.47. The Morgan fingerprint density at radius 3 is 2.50 bits per heavy atom. The number of carboxylic acids is 1. The van der Waals surface area contributed by atoms with E-state index in [2.05, 4.69) is 38.0 Å². The van der Waals surface area contributed by atoms with Gasteiger partial charge in [0.2, 0.25) is 0 Å². The van der Waals surface area contributed by atoms with E-state index in [-0.39, 0.29) is 11.1 Å². The molecule has 1 N–H and O–H groups in total. The fourth-order valence-electron chi connectivity index (χ4n) is 2.68. The summed E-state index contributed by atoms with van der Waals surface area (Å²) in [4.78, 5) is 19.9. The summed E-state index contributed by atoms with van der Waals surface area (Å²) in [6.45, 7) is 0. The lowest BCUT2D eigenvalue weighted by Gasteiger charge is -2.41. The molecular formula is C15H13BrN2O2. The third kappa shape index (κ3) is 2.02. The van der Waals surface area contributed by atoms with Gasteiger partial charge < -0.3 is 5.11 Å². The van der Waals surface area contributed by atoms with Crippen LogP contribution in [0.5, 0.6) is 0 Å². The van der Waals surface area contributed by atoms with E-state index in [4.69, 9.17) is 0 Å². The zero-order valence-electron chi connectivity index (χ0n) is 10.7. The molecule has 1 saturated carbocycles. The summed E-state index contributed by atoms with van der Waals surface area (Å²) < 4.78 is 0.413. The number of rotatable bonds is 3. The summed E-state index contributed by atoms with van der Waals surface area (Å²) in [5.41, 5.74) is 0.953. The Morgan fingerprint density at radius 1 is 1.25 bits per heavy atom. The van der Waals surface area contributed by atoms with Gasteiger partial charge in [-0.2, -0.15) is 0 Å². The van der Waals surface area contributed by atoms with Crippen LogP contribution in [0.3, 0.4) is 0 Å². The predicted molar refractivity (Wildman–Crippen MR) is 77.8 cm³/mol. The second-order valence-electron chi connectivity index (χ2n) is 5.00. The molecular weight excluding hydrogens is 320 g/mol. The van der Waals surface area contributed by atoms with Gasteiger partial charge in [0.05, 0.1) is 9.89 Å². The summed E-state index contributed by atoms with van der Waals surface area (Å²) in [5, 5.41) is 9.20. The number of aromatic nitrogens is 2. The first kappa shape index (κ1) is 13.2. The molecule has 1 aromatic heterocycles. The number of carbonyl (C=O) groups is 1. The van der Waals surface area contributed by atoms with Crippen molar-refractivity contribution in [1.82, 2.24) is 9.97 Å². The molecule has 1 heterocycles. The number of hydrogen-bond donors (Lipinski definition) is 1. The van der Waals surface area contributed by atoms with Crippen molar-refractivity contribution < 1.29 is 9.90 Å². The normalized spacial score (nSPS) is 16.4. The van der Waals surface area contributed by atoms with Crippen LogP contribution in [0.15, 0.2) is 41.0 Å². The van der Waals surface area contributed by atoms with Crippen LogP contribution in [0.25, 0.3) is 0 Å². The predicted octanol–water partition coefficient (Wildman–Crippen LogP) is 3.41. The van der Waals surface area contributed by atoms with E-state index in [9.17, 15) is 9.90 Å². The Bertz CT molecular complexity index is 654. The Morgan fingerprint density at radius 2 is 1.95 bits per heavy atom. The monoisotopic (exact) mass is 332 g/mol.